The lowest BCUT2D eigenvalue weighted by molar-refractivity contribution is 0.331. The molecule has 1 aromatic rings. The van der Waals surface area contributed by atoms with E-state index in [1.54, 1.807) is 0 Å². The van der Waals surface area contributed by atoms with Crippen LogP contribution in [-0.4, -0.2) is 47.7 Å². The van der Waals surface area contributed by atoms with Gasteiger partial charge in [0.15, 0.2) is 0 Å². The first-order chi connectivity index (χ1) is 8.17. The Kier molecular flexibility index (Phi) is 6.22. The molecule has 17 heavy (non-hydrogen) atoms. The highest BCUT2D eigenvalue weighted by Crippen LogP contribution is 2.03. The summed E-state index contributed by atoms with van der Waals surface area (Å²) in [6.45, 7) is 7.48. The van der Waals surface area contributed by atoms with Gasteiger partial charge in [-0.2, -0.15) is 0 Å². The quantitative estimate of drug-likeness (QED) is 0.742. The molecule has 1 heterocycles. The summed E-state index contributed by atoms with van der Waals surface area (Å²) in [5.74, 6) is 1.18. The molecule has 4 heteroatoms. The zero-order valence-corrected chi connectivity index (χ0v) is 11.6. The van der Waals surface area contributed by atoms with E-state index in [1.807, 2.05) is 6.20 Å². The van der Waals surface area contributed by atoms with E-state index in [4.69, 9.17) is 0 Å². The summed E-state index contributed by atoms with van der Waals surface area (Å²) in [7, 11) is 4.24. The smallest absolute Gasteiger partial charge is 0.110 e. The summed E-state index contributed by atoms with van der Waals surface area (Å²) in [4.78, 5) is 6.68. The van der Waals surface area contributed by atoms with Crippen LogP contribution in [0.2, 0.25) is 0 Å². The number of nitrogens with zero attached hydrogens (tertiary/aromatic N) is 3. The lowest BCUT2D eigenvalue weighted by Crippen LogP contribution is -2.40. The van der Waals surface area contributed by atoms with Crippen molar-refractivity contribution < 1.29 is 0 Å². The number of hydrogen-bond acceptors (Lipinski definition) is 3. The zero-order chi connectivity index (χ0) is 12.7. The largest absolute Gasteiger partial charge is 0.335 e. The second kappa shape index (κ2) is 7.45. The molecule has 0 spiro atoms. The monoisotopic (exact) mass is 238 g/mol. The minimum Gasteiger partial charge on any atom is -0.335 e. The second-order valence-corrected chi connectivity index (χ2v) is 4.75. The van der Waals surface area contributed by atoms with Crippen LogP contribution in [0.3, 0.4) is 0 Å². The lowest BCUT2D eigenvalue weighted by Gasteiger charge is -2.22. The van der Waals surface area contributed by atoms with Gasteiger partial charge in [0.25, 0.3) is 0 Å². The second-order valence-electron chi connectivity index (χ2n) is 4.75. The molecule has 0 aliphatic rings. The van der Waals surface area contributed by atoms with Crippen molar-refractivity contribution in [3.63, 3.8) is 0 Å². The highest BCUT2D eigenvalue weighted by Gasteiger charge is 2.12. The van der Waals surface area contributed by atoms with Gasteiger partial charge in [-0.1, -0.05) is 6.92 Å². The van der Waals surface area contributed by atoms with Crippen molar-refractivity contribution in [2.24, 2.45) is 0 Å². The van der Waals surface area contributed by atoms with Gasteiger partial charge in [-0.25, -0.2) is 4.98 Å². The number of aryl methyl sites for hydroxylation is 1. The van der Waals surface area contributed by atoms with Crippen molar-refractivity contribution >= 4 is 0 Å². The molecule has 1 aromatic heterocycles. The van der Waals surface area contributed by atoms with Gasteiger partial charge in [-0.3, -0.25) is 0 Å². The Hall–Kier alpha value is -0.870. The lowest BCUT2D eigenvalue weighted by atomic mass is 10.2. The van der Waals surface area contributed by atoms with Gasteiger partial charge in [-0.05, 0) is 34.0 Å². The van der Waals surface area contributed by atoms with Crippen molar-refractivity contribution in [3.05, 3.63) is 18.2 Å². The molecule has 1 atom stereocenters. The van der Waals surface area contributed by atoms with Crippen LogP contribution < -0.4 is 5.32 Å². The first kappa shape index (κ1) is 14.2. The summed E-state index contributed by atoms with van der Waals surface area (Å²) in [5, 5.41) is 3.60. The van der Waals surface area contributed by atoms with E-state index in [0.29, 0.717) is 6.04 Å². The molecule has 0 saturated carbocycles. The van der Waals surface area contributed by atoms with E-state index in [9.17, 15) is 0 Å². The van der Waals surface area contributed by atoms with Crippen LogP contribution in [0.25, 0.3) is 0 Å². The SMILES string of the molecule is CCCNC(Cc1nccn1CC)CN(C)C. The Labute approximate surface area is 105 Å². The normalized spacial score (nSPS) is 13.2. The Bertz CT molecular complexity index is 306. The molecular weight excluding hydrogens is 212 g/mol. The molecule has 0 radical (unpaired) electrons. The van der Waals surface area contributed by atoms with Gasteiger partial charge < -0.3 is 14.8 Å². The molecule has 98 valence electrons. The number of nitrogens with one attached hydrogen (secondary N) is 1. The summed E-state index contributed by atoms with van der Waals surface area (Å²) >= 11 is 0. The summed E-state index contributed by atoms with van der Waals surface area (Å²) in [6.07, 6.45) is 6.12. The molecule has 0 aromatic carbocycles. The van der Waals surface area contributed by atoms with Gasteiger partial charge >= 0.3 is 0 Å². The van der Waals surface area contributed by atoms with Crippen molar-refractivity contribution in [2.75, 3.05) is 27.2 Å². The van der Waals surface area contributed by atoms with Crippen molar-refractivity contribution in [3.8, 4) is 0 Å². The highest BCUT2D eigenvalue weighted by molar-refractivity contribution is 4.96. The fraction of sp³-hybridized carbons (Fsp3) is 0.769. The van der Waals surface area contributed by atoms with Crippen molar-refractivity contribution in [2.45, 2.75) is 39.3 Å². The summed E-state index contributed by atoms with van der Waals surface area (Å²) in [5.41, 5.74) is 0. The third kappa shape index (κ3) is 4.88. The Morgan fingerprint density at radius 3 is 2.76 bits per heavy atom. The number of rotatable bonds is 8. The Balaban J connectivity index is 2.58. The summed E-state index contributed by atoms with van der Waals surface area (Å²) < 4.78 is 2.22. The average molecular weight is 238 g/mol. The van der Waals surface area contributed by atoms with E-state index in [1.165, 1.54) is 12.2 Å². The molecule has 0 amide bonds. The number of likely N-dealkylation sites (N-methyl/N-ethyl adjacent to an activating group) is 1. The number of imidazole rings is 1. The van der Waals surface area contributed by atoms with Crippen LogP contribution in [0, 0.1) is 0 Å². The highest BCUT2D eigenvalue weighted by atomic mass is 15.1. The van der Waals surface area contributed by atoms with Gasteiger partial charge in [-0.15, -0.1) is 0 Å². The van der Waals surface area contributed by atoms with E-state index in [2.05, 4.69) is 53.9 Å². The van der Waals surface area contributed by atoms with Crippen molar-refractivity contribution in [1.29, 1.82) is 0 Å². The maximum atomic E-state index is 4.45. The molecule has 0 aliphatic heterocycles. The van der Waals surface area contributed by atoms with E-state index < -0.39 is 0 Å². The predicted octanol–water partition coefficient (Wildman–Crippen LogP) is 1.38. The van der Waals surface area contributed by atoms with Crippen LogP contribution in [-0.2, 0) is 13.0 Å². The molecule has 4 nitrogen and oxygen atoms in total. The maximum absolute atomic E-state index is 4.45. The van der Waals surface area contributed by atoms with Gasteiger partial charge in [0.1, 0.15) is 5.82 Å². The third-order valence-corrected chi connectivity index (χ3v) is 2.84. The molecule has 0 bridgehead atoms. The zero-order valence-electron chi connectivity index (χ0n) is 11.6. The number of hydrogen-bond donors (Lipinski definition) is 1. The predicted molar refractivity (Wildman–Crippen MR) is 72.2 cm³/mol. The van der Waals surface area contributed by atoms with E-state index in [-0.39, 0.29) is 0 Å². The van der Waals surface area contributed by atoms with Crippen LogP contribution in [0.1, 0.15) is 26.1 Å². The standard InChI is InChI=1S/C13H26N4/c1-5-7-14-12(11-16(3)4)10-13-15-8-9-17(13)6-2/h8-9,12,14H,5-7,10-11H2,1-4H3. The molecule has 0 saturated heterocycles. The minimum atomic E-state index is 0.484. The van der Waals surface area contributed by atoms with Gasteiger partial charge in [0, 0.05) is 37.9 Å². The Morgan fingerprint density at radius 2 is 2.18 bits per heavy atom. The fourth-order valence-electron chi connectivity index (χ4n) is 2.03. The van der Waals surface area contributed by atoms with Crippen LogP contribution in [0.15, 0.2) is 12.4 Å². The molecule has 1 N–H and O–H groups in total. The van der Waals surface area contributed by atoms with Gasteiger partial charge in [0.2, 0.25) is 0 Å². The number of aromatic nitrogens is 2. The van der Waals surface area contributed by atoms with E-state index >= 15 is 0 Å². The van der Waals surface area contributed by atoms with Crippen LogP contribution in [0.5, 0.6) is 0 Å². The molecule has 1 rings (SSSR count). The maximum Gasteiger partial charge on any atom is 0.110 e. The topological polar surface area (TPSA) is 33.1 Å². The first-order valence-electron chi connectivity index (χ1n) is 6.55. The third-order valence-electron chi connectivity index (χ3n) is 2.84. The Morgan fingerprint density at radius 1 is 1.41 bits per heavy atom. The molecule has 1 unspecified atom stereocenters. The molecular formula is C13H26N4. The van der Waals surface area contributed by atoms with Crippen molar-refractivity contribution in [1.82, 2.24) is 19.8 Å². The fourth-order valence-corrected chi connectivity index (χ4v) is 2.03. The van der Waals surface area contributed by atoms with Gasteiger partial charge in [0.05, 0.1) is 0 Å². The molecule has 0 fully saturated rings. The molecule has 0 aliphatic carbocycles. The summed E-state index contributed by atoms with van der Waals surface area (Å²) in [6, 6.07) is 0.484. The van der Waals surface area contributed by atoms with Crippen LogP contribution >= 0.6 is 0 Å². The average Bonchev–Trinajstić information content (AvgIpc) is 2.72. The minimum absolute atomic E-state index is 0.484. The van der Waals surface area contributed by atoms with Crippen LogP contribution in [0.4, 0.5) is 0 Å². The first-order valence-corrected chi connectivity index (χ1v) is 6.55. The van der Waals surface area contributed by atoms with E-state index in [0.717, 1.165) is 26.1 Å².